The maximum absolute atomic E-state index is 12.8. The number of ether oxygens (including phenoxy) is 1. The summed E-state index contributed by atoms with van der Waals surface area (Å²) in [6, 6.07) is 14.4. The number of carbonyl (C=O) groups is 2. The van der Waals surface area contributed by atoms with E-state index >= 15 is 0 Å². The van der Waals surface area contributed by atoms with Gasteiger partial charge in [0.15, 0.2) is 5.82 Å². The molecule has 1 unspecified atom stereocenters. The number of nitrogens with zero attached hydrogens (tertiary/aromatic N) is 6. The van der Waals surface area contributed by atoms with Crippen molar-refractivity contribution in [3.63, 3.8) is 0 Å². The average molecular weight is 874 g/mol. The van der Waals surface area contributed by atoms with Crippen molar-refractivity contribution in [1.29, 1.82) is 10.8 Å². The number of amidine groups is 2. The molecule has 7 rings (SSSR count). The molecule has 1 atom stereocenters. The van der Waals surface area contributed by atoms with E-state index in [9.17, 15) is 9.59 Å². The maximum Gasteiger partial charge on any atom is 0.222 e. The monoisotopic (exact) mass is 872 g/mol. The van der Waals surface area contributed by atoms with Crippen LogP contribution in [0.1, 0.15) is 75.1 Å². The lowest BCUT2D eigenvalue weighted by Crippen LogP contribution is -2.42. The molecule has 5 heterocycles. The Hall–Kier alpha value is -5.06. The lowest BCUT2D eigenvalue weighted by atomic mass is 9.99. The van der Waals surface area contributed by atoms with Gasteiger partial charge in [0.25, 0.3) is 0 Å². The number of carbonyl (C=O) groups excluding carboxylic acids is 2. The largest absolute Gasteiger partial charge is 0.378 e. The average Bonchev–Trinajstić information content (AvgIpc) is 3.73. The lowest BCUT2D eigenvalue weighted by Gasteiger charge is -2.24. The van der Waals surface area contributed by atoms with E-state index in [-0.39, 0.29) is 29.9 Å². The molecule has 5 aromatic rings. The van der Waals surface area contributed by atoms with Gasteiger partial charge in [-0.2, -0.15) is 0 Å². The fourth-order valence-corrected chi connectivity index (χ4v) is 9.39. The van der Waals surface area contributed by atoms with Crippen molar-refractivity contribution >= 4 is 85.8 Å². The SMILES string of the molecule is CC(=N)N1C(=N)C(CC(=O)NCCOCCNC(C)=O)N=C(c2ccc(Cl)cc2)c2c1sc(C)c2C.Cc1sc2c(c1C)C(c1ccc(Cl)cc1)=NCc1nnc(C)n1-2. The normalized spacial score (nSPS) is 14.4. The highest BCUT2D eigenvalue weighted by Gasteiger charge is 2.35. The summed E-state index contributed by atoms with van der Waals surface area (Å²) in [6.07, 6.45) is -0.0431. The number of amides is 2. The molecular weight excluding hydrogens is 828 g/mol. The van der Waals surface area contributed by atoms with Gasteiger partial charge in [-0.25, -0.2) is 0 Å². The number of hydrogen-bond acceptors (Lipinski definition) is 11. The minimum absolute atomic E-state index is 0.0431. The molecule has 3 aromatic heterocycles. The summed E-state index contributed by atoms with van der Waals surface area (Å²) in [4.78, 5) is 37.4. The van der Waals surface area contributed by atoms with Gasteiger partial charge in [-0.15, -0.1) is 32.9 Å². The van der Waals surface area contributed by atoms with E-state index in [0.29, 0.717) is 43.6 Å². The van der Waals surface area contributed by atoms with E-state index in [2.05, 4.69) is 39.2 Å². The van der Waals surface area contributed by atoms with Crippen LogP contribution in [0.3, 0.4) is 0 Å². The van der Waals surface area contributed by atoms with E-state index in [0.717, 1.165) is 59.5 Å². The number of nitrogens with one attached hydrogen (secondary N) is 4. The molecule has 0 radical (unpaired) electrons. The number of rotatable bonds is 10. The Morgan fingerprint density at radius 2 is 1.36 bits per heavy atom. The first-order valence-electron chi connectivity index (χ1n) is 18.9. The Morgan fingerprint density at radius 1 is 0.814 bits per heavy atom. The van der Waals surface area contributed by atoms with Crippen LogP contribution in [0.5, 0.6) is 0 Å². The molecule has 13 nitrogen and oxygen atoms in total. The van der Waals surface area contributed by atoms with Crippen LogP contribution in [0.25, 0.3) is 5.00 Å². The third-order valence-corrected chi connectivity index (χ3v) is 12.8. The summed E-state index contributed by atoms with van der Waals surface area (Å²) in [7, 11) is 0. The topological polar surface area (TPSA) is 174 Å². The Labute approximate surface area is 361 Å². The highest BCUT2D eigenvalue weighted by atomic mass is 35.5. The fraction of sp³-hybridized carbons (Fsp3) is 0.333. The molecule has 308 valence electrons. The molecule has 0 saturated carbocycles. The quantitative estimate of drug-likeness (QED) is 0.0630. The lowest BCUT2D eigenvalue weighted by molar-refractivity contribution is -0.121. The molecule has 0 saturated heterocycles. The zero-order chi connectivity index (χ0) is 42.5. The van der Waals surface area contributed by atoms with Crippen LogP contribution in [-0.4, -0.2) is 82.0 Å². The van der Waals surface area contributed by atoms with Crippen molar-refractivity contribution in [3.8, 4) is 5.00 Å². The van der Waals surface area contributed by atoms with Crippen LogP contribution in [0.2, 0.25) is 10.0 Å². The first-order valence-corrected chi connectivity index (χ1v) is 21.3. The number of aromatic nitrogens is 3. The van der Waals surface area contributed by atoms with Crippen LogP contribution in [0.15, 0.2) is 58.5 Å². The minimum Gasteiger partial charge on any atom is -0.378 e. The van der Waals surface area contributed by atoms with Crippen LogP contribution in [0, 0.1) is 45.4 Å². The highest BCUT2D eigenvalue weighted by Crippen LogP contribution is 2.40. The smallest absolute Gasteiger partial charge is 0.222 e. The Morgan fingerprint density at radius 3 is 1.93 bits per heavy atom. The number of fused-ring (bicyclic) bond motifs is 4. The van der Waals surface area contributed by atoms with Crippen LogP contribution in [-0.2, 0) is 20.9 Å². The van der Waals surface area contributed by atoms with Gasteiger partial charge >= 0.3 is 0 Å². The van der Waals surface area contributed by atoms with Gasteiger partial charge in [0, 0.05) is 62.1 Å². The molecule has 2 amide bonds. The molecule has 4 N–H and O–H groups in total. The van der Waals surface area contributed by atoms with E-state index in [4.69, 9.17) is 48.7 Å². The van der Waals surface area contributed by atoms with E-state index in [1.165, 1.54) is 34.3 Å². The second kappa shape index (κ2) is 18.9. The van der Waals surface area contributed by atoms with Gasteiger partial charge in [-0.1, -0.05) is 47.5 Å². The molecular formula is C42H46Cl2N10O3S2. The number of halogens is 2. The summed E-state index contributed by atoms with van der Waals surface area (Å²) >= 11 is 15.4. The summed E-state index contributed by atoms with van der Waals surface area (Å²) in [6.45, 7) is 15.3. The van der Waals surface area contributed by atoms with Crippen LogP contribution >= 0.6 is 45.9 Å². The predicted octanol–water partition coefficient (Wildman–Crippen LogP) is 7.94. The van der Waals surface area contributed by atoms with Crippen LogP contribution < -0.4 is 15.5 Å². The van der Waals surface area contributed by atoms with Crippen molar-refractivity contribution in [2.75, 3.05) is 31.2 Å². The van der Waals surface area contributed by atoms with Crippen molar-refractivity contribution in [3.05, 3.63) is 113 Å². The summed E-state index contributed by atoms with van der Waals surface area (Å²) in [5.41, 5.74) is 7.93. The Balaban J connectivity index is 0.000000217. The standard InChI is InChI=1S/C25H31ClN6O3S.C17H15ClN4S/c1-14-15(2)36-25-22(14)23(18-5-7-19(26)8-6-18)31-20(24(28)32(25)16(3)27)13-21(34)30-10-12-35-11-9-29-17(4)33;1-9-10(2)23-17-15(9)16(12-4-6-13(18)7-5-12)19-8-14-21-20-11(3)22(14)17/h5-8,20,27-28H,9-13H2,1-4H3,(H,29,33)(H,30,34);4-7H,8H2,1-3H3. The molecule has 59 heavy (non-hydrogen) atoms. The van der Waals surface area contributed by atoms with Crippen molar-refractivity contribution < 1.29 is 14.3 Å². The fourth-order valence-electron chi connectivity index (χ4n) is 6.69. The first kappa shape index (κ1) is 43.5. The third-order valence-electron chi connectivity index (χ3n) is 9.86. The Bertz CT molecular complexity index is 2470. The zero-order valence-corrected chi connectivity index (χ0v) is 37.1. The van der Waals surface area contributed by atoms with Gasteiger partial charge in [0.05, 0.1) is 31.1 Å². The van der Waals surface area contributed by atoms with E-state index < -0.39 is 6.04 Å². The number of benzene rings is 2. The van der Waals surface area contributed by atoms with E-state index in [1.807, 2.05) is 57.2 Å². The number of hydrogen-bond donors (Lipinski definition) is 4. The van der Waals surface area contributed by atoms with Gasteiger partial charge in [-0.05, 0) is 76.9 Å². The molecule has 0 bridgehead atoms. The number of anilines is 1. The van der Waals surface area contributed by atoms with E-state index in [1.54, 1.807) is 35.3 Å². The zero-order valence-electron chi connectivity index (χ0n) is 33.9. The summed E-state index contributed by atoms with van der Waals surface area (Å²) < 4.78 is 7.54. The van der Waals surface area contributed by atoms with Crippen molar-refractivity contribution in [1.82, 2.24) is 25.4 Å². The third kappa shape index (κ3) is 9.71. The molecule has 2 aliphatic rings. The van der Waals surface area contributed by atoms with Gasteiger partial charge < -0.3 is 15.4 Å². The number of aliphatic imine (C=N–C) groups is 2. The summed E-state index contributed by atoms with van der Waals surface area (Å²) in [5, 5.41) is 34.5. The van der Waals surface area contributed by atoms with Gasteiger partial charge in [0.2, 0.25) is 11.8 Å². The molecule has 17 heteroatoms. The Kier molecular flexibility index (Phi) is 13.9. The number of thiophene rings is 2. The minimum atomic E-state index is -0.782. The molecule has 0 spiro atoms. The summed E-state index contributed by atoms with van der Waals surface area (Å²) in [5.74, 6) is 1.66. The maximum atomic E-state index is 12.8. The molecule has 2 aliphatic heterocycles. The first-order chi connectivity index (χ1) is 28.2. The molecule has 2 aromatic carbocycles. The highest BCUT2D eigenvalue weighted by molar-refractivity contribution is 7.17. The second-order valence-electron chi connectivity index (χ2n) is 14.1. The van der Waals surface area contributed by atoms with Crippen LogP contribution in [0.4, 0.5) is 5.00 Å². The molecule has 0 fully saturated rings. The molecule has 0 aliphatic carbocycles. The van der Waals surface area contributed by atoms with Gasteiger partial charge in [0.1, 0.15) is 40.1 Å². The second-order valence-corrected chi connectivity index (χ2v) is 17.3. The predicted molar refractivity (Wildman–Crippen MR) is 240 cm³/mol. The van der Waals surface area contributed by atoms with Gasteiger partial charge in [-0.3, -0.25) is 39.9 Å². The number of aryl methyl sites for hydroxylation is 3. The van der Waals surface area contributed by atoms with Crippen molar-refractivity contribution in [2.45, 2.75) is 67.5 Å². The van der Waals surface area contributed by atoms with Crippen molar-refractivity contribution in [2.24, 2.45) is 9.98 Å².